The van der Waals surface area contributed by atoms with Crippen molar-refractivity contribution >= 4 is 21.9 Å². The normalized spacial score (nSPS) is 11.0. The lowest BCUT2D eigenvalue weighted by Gasteiger charge is -2.01. The van der Waals surface area contributed by atoms with Crippen molar-refractivity contribution < 1.29 is 27.3 Å². The number of esters is 1. The van der Waals surface area contributed by atoms with Gasteiger partial charge in [0.05, 0.1) is 6.61 Å². The summed E-state index contributed by atoms with van der Waals surface area (Å²) < 4.78 is 33.3. The third-order valence-electron chi connectivity index (χ3n) is 1.15. The monoisotopic (exact) mass is 224 g/mol. The average molecular weight is 224 g/mol. The molecule has 0 aromatic rings. The number of ketones is 1. The predicted octanol–water partition coefficient (Wildman–Crippen LogP) is -0.213. The minimum Gasteiger partial charge on any atom is -0.465 e. The average Bonchev–Trinajstić information content (AvgIpc) is 1.96. The van der Waals surface area contributed by atoms with E-state index in [9.17, 15) is 18.0 Å². The second-order valence-electron chi connectivity index (χ2n) is 2.66. The lowest BCUT2D eigenvalue weighted by atomic mass is 10.3. The molecule has 0 heterocycles. The van der Waals surface area contributed by atoms with Gasteiger partial charge in [-0.3, -0.25) is 14.1 Å². The number of Topliss-reactive ketones (excluding diaryl/α,β-unsaturated/α-hetero) is 1. The Hall–Kier alpha value is -0.950. The summed E-state index contributed by atoms with van der Waals surface area (Å²) in [4.78, 5) is 21.6. The van der Waals surface area contributed by atoms with Crippen LogP contribution >= 0.6 is 0 Å². The number of carbonyl (C=O) groups is 2. The second-order valence-corrected chi connectivity index (χ2v) is 4.11. The molecule has 0 atom stereocenters. The van der Waals surface area contributed by atoms with Crippen LogP contribution < -0.4 is 0 Å². The predicted molar refractivity (Wildman–Crippen MR) is 47.3 cm³/mol. The minimum atomic E-state index is -4.35. The quantitative estimate of drug-likeness (QED) is 0.380. The summed E-state index contributed by atoms with van der Waals surface area (Å²) in [6.45, 7) is 1.98. The van der Waals surface area contributed by atoms with E-state index < -0.39 is 34.0 Å². The molecule has 0 radical (unpaired) electrons. The largest absolute Gasteiger partial charge is 0.465 e. The van der Waals surface area contributed by atoms with Gasteiger partial charge < -0.3 is 4.74 Å². The van der Waals surface area contributed by atoms with Crippen LogP contribution in [0.25, 0.3) is 0 Å². The highest BCUT2D eigenvalue weighted by atomic mass is 32.2. The molecule has 0 rings (SSSR count). The Morgan fingerprint density at radius 3 is 2.36 bits per heavy atom. The minimum absolute atomic E-state index is 0.192. The first-order chi connectivity index (χ1) is 6.35. The maximum absolute atomic E-state index is 10.8. The molecule has 1 N–H and O–H groups in total. The highest BCUT2D eigenvalue weighted by Crippen LogP contribution is 1.93. The highest BCUT2D eigenvalue weighted by Gasteiger charge is 2.16. The lowest BCUT2D eigenvalue weighted by Crippen LogP contribution is -2.19. The Labute approximate surface area is 82.0 Å². The van der Waals surface area contributed by atoms with E-state index in [1.165, 1.54) is 0 Å². The van der Waals surface area contributed by atoms with Gasteiger partial charge in [0.1, 0.15) is 12.2 Å². The van der Waals surface area contributed by atoms with Crippen molar-refractivity contribution in [1.29, 1.82) is 0 Å². The molecule has 82 valence electrons. The van der Waals surface area contributed by atoms with Crippen LogP contribution in [0.5, 0.6) is 0 Å². The molecule has 0 saturated carbocycles. The summed E-state index contributed by atoms with van der Waals surface area (Å²) in [6, 6.07) is 0. The molecule has 0 aliphatic rings. The zero-order valence-corrected chi connectivity index (χ0v) is 8.54. The van der Waals surface area contributed by atoms with Crippen LogP contribution in [-0.4, -0.2) is 37.1 Å². The Balaban J connectivity index is 3.89. The van der Waals surface area contributed by atoms with Crippen LogP contribution in [0, 0.1) is 0 Å². The van der Waals surface area contributed by atoms with Gasteiger partial charge in [-0.1, -0.05) is 6.92 Å². The Morgan fingerprint density at radius 1 is 1.36 bits per heavy atom. The molecule has 0 aliphatic carbocycles. The summed E-state index contributed by atoms with van der Waals surface area (Å²) in [5.74, 6) is -2.71. The summed E-state index contributed by atoms with van der Waals surface area (Å²) in [6.07, 6.45) is -0.00197. The van der Waals surface area contributed by atoms with Gasteiger partial charge in [0.15, 0.2) is 5.78 Å². The van der Waals surface area contributed by atoms with Crippen LogP contribution in [0.3, 0.4) is 0 Å². The fourth-order valence-corrected chi connectivity index (χ4v) is 1.19. The Bertz CT molecular complexity index is 304. The molecule has 0 fully saturated rings. The Kier molecular flexibility index (Phi) is 5.32. The fourth-order valence-electron chi connectivity index (χ4n) is 0.682. The van der Waals surface area contributed by atoms with Gasteiger partial charge in [0.25, 0.3) is 10.1 Å². The van der Waals surface area contributed by atoms with E-state index in [0.29, 0.717) is 6.42 Å². The van der Waals surface area contributed by atoms with E-state index in [0.717, 1.165) is 0 Å². The van der Waals surface area contributed by atoms with Gasteiger partial charge in [-0.05, 0) is 6.42 Å². The molecule has 14 heavy (non-hydrogen) atoms. The van der Waals surface area contributed by atoms with Crippen LogP contribution in [0.15, 0.2) is 0 Å². The maximum atomic E-state index is 10.8. The second kappa shape index (κ2) is 5.71. The number of hydrogen-bond donors (Lipinski definition) is 1. The van der Waals surface area contributed by atoms with E-state index in [2.05, 4.69) is 4.74 Å². The first-order valence-electron chi connectivity index (χ1n) is 3.97. The van der Waals surface area contributed by atoms with Crippen LogP contribution in [0.1, 0.15) is 19.8 Å². The van der Waals surface area contributed by atoms with Crippen LogP contribution in [0.4, 0.5) is 0 Å². The topological polar surface area (TPSA) is 97.7 Å². The molecule has 0 saturated heterocycles. The molecule has 0 spiro atoms. The molecule has 7 heteroatoms. The summed E-state index contributed by atoms with van der Waals surface area (Å²) in [7, 11) is -4.35. The number of rotatable bonds is 6. The fraction of sp³-hybridized carbons (Fsp3) is 0.714. The highest BCUT2D eigenvalue weighted by molar-refractivity contribution is 7.86. The van der Waals surface area contributed by atoms with Crippen molar-refractivity contribution in [2.45, 2.75) is 19.8 Å². The van der Waals surface area contributed by atoms with Gasteiger partial charge in [-0.2, -0.15) is 8.42 Å². The molecule has 0 aromatic heterocycles. The summed E-state index contributed by atoms with van der Waals surface area (Å²) in [5, 5.41) is 0. The van der Waals surface area contributed by atoms with E-state index >= 15 is 0 Å². The first kappa shape index (κ1) is 13.1. The van der Waals surface area contributed by atoms with Crippen molar-refractivity contribution in [3.8, 4) is 0 Å². The zero-order valence-electron chi connectivity index (χ0n) is 7.73. The standard InChI is InChI=1S/C7H12O6S/c1-2-3-13-7(9)4-6(8)5-14(10,11)12/h2-5H2,1H3,(H,10,11,12). The van der Waals surface area contributed by atoms with Gasteiger partial charge in [0, 0.05) is 0 Å². The van der Waals surface area contributed by atoms with Crippen LogP contribution in [0.2, 0.25) is 0 Å². The van der Waals surface area contributed by atoms with Crippen molar-refractivity contribution in [3.05, 3.63) is 0 Å². The summed E-state index contributed by atoms with van der Waals surface area (Å²) >= 11 is 0. The van der Waals surface area contributed by atoms with Crippen molar-refractivity contribution in [2.75, 3.05) is 12.4 Å². The molecule has 0 bridgehead atoms. The van der Waals surface area contributed by atoms with E-state index in [1.807, 2.05) is 0 Å². The van der Waals surface area contributed by atoms with E-state index in [4.69, 9.17) is 4.55 Å². The SMILES string of the molecule is CCCOC(=O)CC(=O)CS(=O)(=O)O. The number of ether oxygens (including phenoxy) is 1. The van der Waals surface area contributed by atoms with Crippen molar-refractivity contribution in [1.82, 2.24) is 0 Å². The smallest absolute Gasteiger partial charge is 0.313 e. The van der Waals surface area contributed by atoms with Gasteiger partial charge >= 0.3 is 5.97 Å². The molecular weight excluding hydrogens is 212 g/mol. The van der Waals surface area contributed by atoms with Gasteiger partial charge in [-0.15, -0.1) is 0 Å². The number of hydrogen-bond acceptors (Lipinski definition) is 5. The number of carbonyl (C=O) groups excluding carboxylic acids is 2. The van der Waals surface area contributed by atoms with E-state index in [-0.39, 0.29) is 6.61 Å². The zero-order chi connectivity index (χ0) is 11.2. The molecule has 6 nitrogen and oxygen atoms in total. The van der Waals surface area contributed by atoms with Crippen LogP contribution in [-0.2, 0) is 24.4 Å². The molecule has 0 aromatic carbocycles. The summed E-state index contributed by atoms with van der Waals surface area (Å²) in [5.41, 5.74) is 0. The van der Waals surface area contributed by atoms with E-state index in [1.54, 1.807) is 6.92 Å². The van der Waals surface area contributed by atoms with Gasteiger partial charge in [0.2, 0.25) is 0 Å². The molecule has 0 unspecified atom stereocenters. The maximum Gasteiger partial charge on any atom is 0.313 e. The first-order valence-corrected chi connectivity index (χ1v) is 5.58. The third-order valence-corrected chi connectivity index (χ3v) is 1.84. The molecular formula is C7H12O6S. The Morgan fingerprint density at radius 2 is 1.93 bits per heavy atom. The lowest BCUT2D eigenvalue weighted by molar-refractivity contribution is -0.145. The molecule has 0 amide bonds. The van der Waals surface area contributed by atoms with Crippen molar-refractivity contribution in [3.63, 3.8) is 0 Å². The van der Waals surface area contributed by atoms with Crippen molar-refractivity contribution in [2.24, 2.45) is 0 Å². The molecule has 0 aliphatic heterocycles. The van der Waals surface area contributed by atoms with Gasteiger partial charge in [-0.25, -0.2) is 0 Å². The third kappa shape index (κ3) is 7.69.